The fourth-order valence-corrected chi connectivity index (χ4v) is 3.71. The van der Waals surface area contributed by atoms with Crippen LogP contribution in [0, 0.1) is 0 Å². The number of amides is 1. The van der Waals surface area contributed by atoms with E-state index in [2.05, 4.69) is 0 Å². The normalized spacial score (nSPS) is 19.9. The molecule has 1 amide bonds. The second kappa shape index (κ2) is 5.95. The Labute approximate surface area is 120 Å². The van der Waals surface area contributed by atoms with Gasteiger partial charge in [-0.05, 0) is 38.3 Å². The Morgan fingerprint density at radius 3 is 2.65 bits per heavy atom. The summed E-state index contributed by atoms with van der Waals surface area (Å²) in [5.74, 6) is -0.155. The van der Waals surface area contributed by atoms with Gasteiger partial charge >= 0.3 is 0 Å². The van der Waals surface area contributed by atoms with E-state index in [1.165, 1.54) is 6.07 Å². The molecule has 110 valence electrons. The predicted octanol–water partition coefficient (Wildman–Crippen LogP) is 2.49. The zero-order valence-corrected chi connectivity index (χ0v) is 12.8. The first-order valence-electron chi connectivity index (χ1n) is 7.10. The van der Waals surface area contributed by atoms with Crippen LogP contribution in [0.25, 0.3) is 0 Å². The minimum absolute atomic E-state index is 0.00679. The third kappa shape index (κ3) is 2.87. The van der Waals surface area contributed by atoms with Gasteiger partial charge in [-0.2, -0.15) is 0 Å². The van der Waals surface area contributed by atoms with E-state index in [4.69, 9.17) is 0 Å². The molecule has 2 rings (SSSR count). The average molecular weight is 295 g/mol. The van der Waals surface area contributed by atoms with Crippen LogP contribution in [0.5, 0.6) is 0 Å². The van der Waals surface area contributed by atoms with E-state index in [0.717, 1.165) is 19.3 Å². The first-order chi connectivity index (χ1) is 9.47. The Hall–Kier alpha value is -1.36. The lowest BCUT2D eigenvalue weighted by Gasteiger charge is -2.33. The number of piperidine rings is 1. The number of carbonyl (C=O) groups excluding carboxylic acids is 1. The van der Waals surface area contributed by atoms with E-state index in [1.807, 2.05) is 6.92 Å². The molecule has 1 aliphatic rings. The summed E-state index contributed by atoms with van der Waals surface area (Å²) in [5, 5.41) is 0. The van der Waals surface area contributed by atoms with Gasteiger partial charge in [0.05, 0.1) is 16.2 Å². The van der Waals surface area contributed by atoms with Crippen LogP contribution in [0.4, 0.5) is 0 Å². The Bertz CT molecular complexity index is 595. The van der Waals surface area contributed by atoms with Crippen molar-refractivity contribution >= 4 is 15.7 Å². The fourth-order valence-electron chi connectivity index (χ4n) is 2.62. The van der Waals surface area contributed by atoms with Crippen molar-refractivity contribution < 1.29 is 13.2 Å². The van der Waals surface area contributed by atoms with Gasteiger partial charge in [-0.15, -0.1) is 0 Å². The van der Waals surface area contributed by atoms with E-state index < -0.39 is 9.84 Å². The molecule has 0 aromatic heterocycles. The van der Waals surface area contributed by atoms with Crippen LogP contribution in [-0.4, -0.2) is 37.6 Å². The molecule has 1 unspecified atom stereocenters. The van der Waals surface area contributed by atoms with Gasteiger partial charge in [0.1, 0.15) is 0 Å². The first-order valence-corrected chi connectivity index (χ1v) is 8.75. The van der Waals surface area contributed by atoms with Gasteiger partial charge in [-0.3, -0.25) is 4.79 Å². The molecule has 0 aliphatic carbocycles. The molecule has 1 aliphatic heterocycles. The molecular formula is C15H21NO3S. The second-order valence-electron chi connectivity index (χ2n) is 5.24. The maximum absolute atomic E-state index is 12.7. The summed E-state index contributed by atoms with van der Waals surface area (Å²) in [6.45, 7) is 4.33. The highest BCUT2D eigenvalue weighted by molar-refractivity contribution is 7.91. The van der Waals surface area contributed by atoms with Crippen molar-refractivity contribution in [2.75, 3.05) is 12.3 Å². The molecule has 20 heavy (non-hydrogen) atoms. The van der Waals surface area contributed by atoms with Gasteiger partial charge in [-0.1, -0.05) is 19.1 Å². The van der Waals surface area contributed by atoms with Crippen molar-refractivity contribution in [3.63, 3.8) is 0 Å². The van der Waals surface area contributed by atoms with Crippen LogP contribution in [-0.2, 0) is 9.84 Å². The van der Waals surface area contributed by atoms with Gasteiger partial charge in [0.15, 0.2) is 9.84 Å². The number of nitrogens with zero attached hydrogens (tertiary/aromatic N) is 1. The van der Waals surface area contributed by atoms with Crippen LogP contribution in [0.3, 0.4) is 0 Å². The van der Waals surface area contributed by atoms with E-state index in [1.54, 1.807) is 30.0 Å². The number of likely N-dealkylation sites (tertiary alicyclic amines) is 1. The average Bonchev–Trinajstić information content (AvgIpc) is 2.47. The largest absolute Gasteiger partial charge is 0.336 e. The highest BCUT2D eigenvalue weighted by atomic mass is 32.2. The number of rotatable bonds is 3. The van der Waals surface area contributed by atoms with Crippen molar-refractivity contribution in [3.05, 3.63) is 29.8 Å². The lowest BCUT2D eigenvalue weighted by molar-refractivity contribution is 0.0631. The lowest BCUT2D eigenvalue weighted by atomic mass is 10.0. The predicted molar refractivity (Wildman–Crippen MR) is 78.5 cm³/mol. The lowest BCUT2D eigenvalue weighted by Crippen LogP contribution is -2.42. The third-order valence-electron chi connectivity index (χ3n) is 3.90. The van der Waals surface area contributed by atoms with E-state index in [0.29, 0.717) is 12.1 Å². The Morgan fingerprint density at radius 2 is 2.00 bits per heavy atom. The molecule has 5 heteroatoms. The van der Waals surface area contributed by atoms with E-state index >= 15 is 0 Å². The fraction of sp³-hybridized carbons (Fsp3) is 0.533. The van der Waals surface area contributed by atoms with E-state index in [-0.39, 0.29) is 22.6 Å². The molecule has 0 radical (unpaired) electrons. The highest BCUT2D eigenvalue weighted by Gasteiger charge is 2.28. The summed E-state index contributed by atoms with van der Waals surface area (Å²) < 4.78 is 24.2. The molecule has 0 spiro atoms. The highest BCUT2D eigenvalue weighted by Crippen LogP contribution is 2.23. The molecule has 1 aromatic rings. The molecule has 1 fully saturated rings. The van der Waals surface area contributed by atoms with Crippen molar-refractivity contribution in [1.82, 2.24) is 4.90 Å². The van der Waals surface area contributed by atoms with Crippen LogP contribution < -0.4 is 0 Å². The molecule has 1 atom stereocenters. The molecule has 0 saturated carbocycles. The van der Waals surface area contributed by atoms with Crippen molar-refractivity contribution in [3.8, 4) is 0 Å². The topological polar surface area (TPSA) is 54.5 Å². The number of benzene rings is 1. The standard InChI is InChI=1S/C15H21NO3S/c1-3-20(18,19)14-10-5-4-9-13(14)15(17)16-11-7-6-8-12(16)2/h4-5,9-10,12H,3,6-8,11H2,1-2H3. The van der Waals surface area contributed by atoms with E-state index in [9.17, 15) is 13.2 Å². The quantitative estimate of drug-likeness (QED) is 0.861. The maximum Gasteiger partial charge on any atom is 0.255 e. The van der Waals surface area contributed by atoms with Gasteiger partial charge in [0.25, 0.3) is 5.91 Å². The SMILES string of the molecule is CCS(=O)(=O)c1ccccc1C(=O)N1CCCCC1C. The molecular weight excluding hydrogens is 274 g/mol. The summed E-state index contributed by atoms with van der Waals surface area (Å²) >= 11 is 0. The Kier molecular flexibility index (Phi) is 4.48. The van der Waals surface area contributed by atoms with Crippen molar-refractivity contribution in [2.24, 2.45) is 0 Å². The number of hydrogen-bond donors (Lipinski definition) is 0. The third-order valence-corrected chi connectivity index (χ3v) is 5.68. The maximum atomic E-state index is 12.7. The molecule has 0 N–H and O–H groups in total. The Morgan fingerprint density at radius 1 is 1.30 bits per heavy atom. The van der Waals surface area contributed by atoms with Crippen LogP contribution in [0.15, 0.2) is 29.2 Å². The minimum atomic E-state index is -3.38. The number of hydrogen-bond acceptors (Lipinski definition) is 3. The van der Waals surface area contributed by atoms with Crippen molar-refractivity contribution in [1.29, 1.82) is 0 Å². The molecule has 0 bridgehead atoms. The number of sulfone groups is 1. The summed E-state index contributed by atoms with van der Waals surface area (Å²) in [6, 6.07) is 6.70. The van der Waals surface area contributed by atoms with Gasteiger partial charge in [-0.25, -0.2) is 8.42 Å². The molecule has 1 aromatic carbocycles. The monoisotopic (exact) mass is 295 g/mol. The summed E-state index contributed by atoms with van der Waals surface area (Å²) in [5.41, 5.74) is 0.308. The molecule has 4 nitrogen and oxygen atoms in total. The van der Waals surface area contributed by atoms with Crippen LogP contribution >= 0.6 is 0 Å². The zero-order valence-electron chi connectivity index (χ0n) is 12.0. The summed E-state index contributed by atoms with van der Waals surface area (Å²) in [7, 11) is -3.38. The van der Waals surface area contributed by atoms with Gasteiger partial charge in [0.2, 0.25) is 0 Å². The molecule has 1 heterocycles. The summed E-state index contributed by atoms with van der Waals surface area (Å²) in [4.78, 5) is 14.6. The van der Waals surface area contributed by atoms with Gasteiger partial charge < -0.3 is 4.90 Å². The van der Waals surface area contributed by atoms with Crippen molar-refractivity contribution in [2.45, 2.75) is 44.0 Å². The summed E-state index contributed by atoms with van der Waals surface area (Å²) in [6.07, 6.45) is 3.09. The minimum Gasteiger partial charge on any atom is -0.336 e. The first kappa shape index (κ1) is 15.0. The van der Waals surface area contributed by atoms with Crippen LogP contribution in [0.2, 0.25) is 0 Å². The van der Waals surface area contributed by atoms with Crippen LogP contribution in [0.1, 0.15) is 43.5 Å². The number of carbonyl (C=O) groups is 1. The molecule has 1 saturated heterocycles. The van der Waals surface area contributed by atoms with Gasteiger partial charge in [0, 0.05) is 12.6 Å². The second-order valence-corrected chi connectivity index (χ2v) is 7.49. The smallest absolute Gasteiger partial charge is 0.255 e. The Balaban J connectivity index is 2.40. The zero-order chi connectivity index (χ0) is 14.8.